The van der Waals surface area contributed by atoms with Crippen molar-refractivity contribution in [3.8, 4) is 0 Å². The molecule has 0 aliphatic carbocycles. The quantitative estimate of drug-likeness (QED) is 0.637. The Balaban J connectivity index is 2.51. The lowest BCUT2D eigenvalue weighted by atomic mass is 10.1. The van der Waals surface area contributed by atoms with E-state index in [2.05, 4.69) is 5.32 Å². The first-order valence-corrected chi connectivity index (χ1v) is 5.51. The van der Waals surface area contributed by atoms with E-state index in [0.29, 0.717) is 32.4 Å². The van der Waals surface area contributed by atoms with Crippen LogP contribution >= 0.6 is 0 Å². The maximum atomic E-state index is 11.9. The Morgan fingerprint density at radius 2 is 2.00 bits per heavy atom. The fourth-order valence-electron chi connectivity index (χ4n) is 1.79. The second-order valence-electron chi connectivity index (χ2n) is 3.97. The second-order valence-corrected chi connectivity index (χ2v) is 3.97. The summed E-state index contributed by atoms with van der Waals surface area (Å²) in [6, 6.07) is -0.673. The van der Waals surface area contributed by atoms with E-state index in [0.717, 1.165) is 0 Å². The Hall–Kier alpha value is -1.30. The number of aliphatic hydroxyl groups is 1. The lowest BCUT2D eigenvalue weighted by Crippen LogP contribution is -2.50. The van der Waals surface area contributed by atoms with Crippen molar-refractivity contribution in [2.75, 3.05) is 13.1 Å². The Morgan fingerprint density at radius 1 is 1.44 bits per heavy atom. The molecule has 6 heteroatoms. The second kappa shape index (κ2) is 5.69. The molecule has 1 fully saturated rings. The molecule has 3 N–H and O–H groups in total. The van der Waals surface area contributed by atoms with Crippen molar-refractivity contribution in [3.63, 3.8) is 0 Å². The van der Waals surface area contributed by atoms with Crippen LogP contribution in [-0.4, -0.2) is 52.3 Å². The zero-order valence-corrected chi connectivity index (χ0v) is 9.35. The van der Waals surface area contributed by atoms with E-state index < -0.39 is 12.1 Å². The highest BCUT2D eigenvalue weighted by molar-refractivity contribution is 5.85. The maximum absolute atomic E-state index is 11.9. The highest BCUT2D eigenvalue weighted by Gasteiger charge is 2.27. The van der Waals surface area contributed by atoms with Crippen LogP contribution in [0.25, 0.3) is 0 Å². The molecule has 0 unspecified atom stereocenters. The van der Waals surface area contributed by atoms with Crippen molar-refractivity contribution in [2.45, 2.75) is 38.3 Å². The van der Waals surface area contributed by atoms with Crippen molar-refractivity contribution in [2.24, 2.45) is 0 Å². The van der Waals surface area contributed by atoms with E-state index in [9.17, 15) is 14.7 Å². The number of nitrogens with one attached hydrogen (secondary N) is 1. The van der Waals surface area contributed by atoms with Gasteiger partial charge in [-0.15, -0.1) is 0 Å². The number of nitrogens with zero attached hydrogens (tertiary/aromatic N) is 1. The van der Waals surface area contributed by atoms with Gasteiger partial charge in [0.1, 0.15) is 6.04 Å². The minimum absolute atomic E-state index is 0.197. The molecule has 92 valence electrons. The highest BCUT2D eigenvalue weighted by atomic mass is 16.4. The molecule has 16 heavy (non-hydrogen) atoms. The monoisotopic (exact) mass is 230 g/mol. The summed E-state index contributed by atoms with van der Waals surface area (Å²) in [5.74, 6) is -0.197. The van der Waals surface area contributed by atoms with Gasteiger partial charge in [-0.05, 0) is 19.3 Å². The minimum atomic E-state index is -1.18. The van der Waals surface area contributed by atoms with Gasteiger partial charge in [-0.2, -0.15) is 0 Å². The van der Waals surface area contributed by atoms with Crippen LogP contribution in [0.5, 0.6) is 0 Å². The third-order valence-electron chi connectivity index (χ3n) is 2.78. The molecule has 1 rings (SSSR count). The minimum Gasteiger partial charge on any atom is -0.465 e. The Kier molecular flexibility index (Phi) is 4.54. The molecule has 1 aliphatic heterocycles. The number of hydrogen-bond acceptors (Lipinski definition) is 3. The normalized spacial score (nSPS) is 19.2. The van der Waals surface area contributed by atoms with Crippen LogP contribution in [0.3, 0.4) is 0 Å². The van der Waals surface area contributed by atoms with Crippen molar-refractivity contribution < 1.29 is 19.8 Å². The fourth-order valence-corrected chi connectivity index (χ4v) is 1.79. The summed E-state index contributed by atoms with van der Waals surface area (Å²) in [7, 11) is 0. The van der Waals surface area contributed by atoms with Gasteiger partial charge in [-0.1, -0.05) is 6.92 Å². The molecule has 1 aliphatic rings. The van der Waals surface area contributed by atoms with Gasteiger partial charge in [0.25, 0.3) is 0 Å². The Labute approximate surface area is 94.2 Å². The first-order valence-electron chi connectivity index (χ1n) is 5.51. The number of hydrogen-bond donors (Lipinski definition) is 3. The van der Waals surface area contributed by atoms with Crippen LogP contribution in [-0.2, 0) is 4.79 Å². The van der Waals surface area contributed by atoms with E-state index in [1.165, 1.54) is 0 Å². The smallest absolute Gasteiger partial charge is 0.405 e. The molecule has 0 radical (unpaired) electrons. The average molecular weight is 230 g/mol. The summed E-state index contributed by atoms with van der Waals surface area (Å²) >= 11 is 0. The summed E-state index contributed by atoms with van der Waals surface area (Å²) in [5.41, 5.74) is 0. The molecule has 2 amide bonds. The fraction of sp³-hybridized carbons (Fsp3) is 0.800. The molecule has 0 spiro atoms. The molecule has 1 heterocycles. The molecule has 0 aromatic carbocycles. The van der Waals surface area contributed by atoms with E-state index in [1.807, 2.05) is 0 Å². The number of carbonyl (C=O) groups excluding carboxylic acids is 1. The number of likely N-dealkylation sites (tertiary alicyclic amines) is 1. The van der Waals surface area contributed by atoms with Crippen LogP contribution in [0, 0.1) is 0 Å². The Bertz CT molecular complexity index is 262. The third-order valence-corrected chi connectivity index (χ3v) is 2.78. The number of rotatable bonds is 3. The molecular weight excluding hydrogens is 212 g/mol. The molecule has 1 atom stereocenters. The van der Waals surface area contributed by atoms with Crippen molar-refractivity contribution in [1.82, 2.24) is 10.2 Å². The van der Waals surface area contributed by atoms with Crippen molar-refractivity contribution in [1.29, 1.82) is 0 Å². The van der Waals surface area contributed by atoms with Gasteiger partial charge in [0.15, 0.2) is 0 Å². The van der Waals surface area contributed by atoms with E-state index >= 15 is 0 Å². The van der Waals surface area contributed by atoms with Crippen molar-refractivity contribution in [3.05, 3.63) is 0 Å². The molecule has 0 aromatic heterocycles. The zero-order chi connectivity index (χ0) is 12.1. The predicted octanol–water partition coefficient (Wildman–Crippen LogP) is 0.0159. The van der Waals surface area contributed by atoms with Crippen LogP contribution < -0.4 is 5.32 Å². The predicted molar refractivity (Wildman–Crippen MR) is 57.1 cm³/mol. The van der Waals surface area contributed by atoms with E-state index in [1.54, 1.807) is 11.8 Å². The molecular formula is C10H18N2O4. The summed E-state index contributed by atoms with van der Waals surface area (Å²) < 4.78 is 0. The van der Waals surface area contributed by atoms with E-state index in [-0.39, 0.29) is 12.0 Å². The van der Waals surface area contributed by atoms with Gasteiger partial charge >= 0.3 is 6.09 Å². The molecule has 0 bridgehead atoms. The topological polar surface area (TPSA) is 89.9 Å². The number of carbonyl (C=O) groups is 2. The lowest BCUT2D eigenvalue weighted by molar-refractivity contribution is -0.135. The van der Waals surface area contributed by atoms with Gasteiger partial charge < -0.3 is 20.4 Å². The SMILES string of the molecule is CC[C@H](NC(=O)O)C(=O)N1CCC(O)CC1. The highest BCUT2D eigenvalue weighted by Crippen LogP contribution is 2.11. The summed E-state index contributed by atoms with van der Waals surface area (Å²) in [6.07, 6.45) is 0.0445. The number of aliphatic hydroxyl groups excluding tert-OH is 1. The average Bonchev–Trinajstić information content (AvgIpc) is 2.25. The number of carboxylic acid groups (broad SMARTS) is 1. The first-order chi connectivity index (χ1) is 7.54. The van der Waals surface area contributed by atoms with E-state index in [4.69, 9.17) is 5.11 Å². The van der Waals surface area contributed by atoms with Gasteiger partial charge in [-0.3, -0.25) is 4.79 Å². The van der Waals surface area contributed by atoms with Crippen LogP contribution in [0.15, 0.2) is 0 Å². The molecule has 6 nitrogen and oxygen atoms in total. The summed E-state index contributed by atoms with van der Waals surface area (Å²) in [4.78, 5) is 24.0. The first kappa shape index (κ1) is 12.8. The van der Waals surface area contributed by atoms with Gasteiger partial charge in [-0.25, -0.2) is 4.79 Å². The zero-order valence-electron chi connectivity index (χ0n) is 9.35. The largest absolute Gasteiger partial charge is 0.465 e. The third kappa shape index (κ3) is 3.37. The molecule has 0 saturated carbocycles. The Morgan fingerprint density at radius 3 is 2.44 bits per heavy atom. The van der Waals surface area contributed by atoms with Gasteiger partial charge in [0, 0.05) is 13.1 Å². The lowest BCUT2D eigenvalue weighted by Gasteiger charge is -2.32. The van der Waals surface area contributed by atoms with Crippen LogP contribution in [0.4, 0.5) is 4.79 Å². The van der Waals surface area contributed by atoms with Gasteiger partial charge in [0.2, 0.25) is 5.91 Å². The molecule has 1 saturated heterocycles. The standard InChI is InChI=1S/C10H18N2O4/c1-2-8(11-10(15)16)9(14)12-5-3-7(13)4-6-12/h7-8,11,13H,2-6H2,1H3,(H,15,16)/t8-/m0/s1. The van der Waals surface area contributed by atoms with Crippen LogP contribution in [0.2, 0.25) is 0 Å². The maximum Gasteiger partial charge on any atom is 0.405 e. The number of amides is 2. The van der Waals surface area contributed by atoms with Crippen molar-refractivity contribution >= 4 is 12.0 Å². The summed E-state index contributed by atoms with van der Waals surface area (Å²) in [5, 5.41) is 20.1. The summed E-state index contributed by atoms with van der Waals surface area (Å²) in [6.45, 7) is 2.76. The molecule has 0 aromatic rings. The van der Waals surface area contributed by atoms with Crippen LogP contribution in [0.1, 0.15) is 26.2 Å². The van der Waals surface area contributed by atoms with Gasteiger partial charge in [0.05, 0.1) is 6.10 Å². The number of piperidine rings is 1.